The van der Waals surface area contributed by atoms with Gasteiger partial charge in [-0.25, -0.2) is 0 Å². The fraction of sp³-hybridized carbons (Fsp3) is 0.143. The fourth-order valence-electron chi connectivity index (χ4n) is 2.93. The van der Waals surface area contributed by atoms with Crippen LogP contribution < -0.4 is 0 Å². The first-order valence-corrected chi connectivity index (χ1v) is 7.93. The van der Waals surface area contributed by atoms with E-state index in [0.29, 0.717) is 12.8 Å². The van der Waals surface area contributed by atoms with Crippen molar-refractivity contribution in [2.75, 3.05) is 0 Å². The molecule has 122 valence electrons. The molecule has 3 aromatic rings. The number of phenols is 2. The molecule has 0 aliphatic rings. The molecule has 0 amide bonds. The van der Waals surface area contributed by atoms with E-state index >= 15 is 0 Å². The SMILES string of the molecule is OCc1ccccc1Cc1cccc(O)c1Cc1ccccc1O. The third-order valence-corrected chi connectivity index (χ3v) is 4.28. The molecule has 0 spiro atoms. The van der Waals surface area contributed by atoms with Crippen molar-refractivity contribution in [3.05, 3.63) is 94.5 Å². The van der Waals surface area contributed by atoms with Gasteiger partial charge in [0.1, 0.15) is 11.5 Å². The molecular weight excluding hydrogens is 300 g/mol. The summed E-state index contributed by atoms with van der Waals surface area (Å²) in [6, 6.07) is 20.3. The van der Waals surface area contributed by atoms with Crippen molar-refractivity contribution in [2.45, 2.75) is 19.4 Å². The summed E-state index contributed by atoms with van der Waals surface area (Å²) in [5, 5.41) is 29.8. The van der Waals surface area contributed by atoms with Crippen LogP contribution in [0.2, 0.25) is 0 Å². The van der Waals surface area contributed by atoms with Crippen molar-refractivity contribution >= 4 is 0 Å². The highest BCUT2D eigenvalue weighted by molar-refractivity contribution is 5.47. The summed E-state index contributed by atoms with van der Waals surface area (Å²) in [4.78, 5) is 0. The Morgan fingerprint density at radius 1 is 0.542 bits per heavy atom. The maximum atomic E-state index is 10.3. The summed E-state index contributed by atoms with van der Waals surface area (Å²) < 4.78 is 0. The second kappa shape index (κ2) is 7.20. The fourth-order valence-corrected chi connectivity index (χ4v) is 2.93. The van der Waals surface area contributed by atoms with E-state index in [1.807, 2.05) is 48.5 Å². The highest BCUT2D eigenvalue weighted by Crippen LogP contribution is 2.29. The lowest BCUT2D eigenvalue weighted by Crippen LogP contribution is -2.01. The van der Waals surface area contributed by atoms with Crippen molar-refractivity contribution in [3.63, 3.8) is 0 Å². The second-order valence-electron chi connectivity index (χ2n) is 5.82. The summed E-state index contributed by atoms with van der Waals surface area (Å²) in [6.07, 6.45) is 1.07. The molecule has 0 fully saturated rings. The monoisotopic (exact) mass is 320 g/mol. The van der Waals surface area contributed by atoms with Crippen molar-refractivity contribution in [3.8, 4) is 11.5 Å². The third-order valence-electron chi connectivity index (χ3n) is 4.28. The molecule has 0 radical (unpaired) electrons. The van der Waals surface area contributed by atoms with Crippen molar-refractivity contribution in [2.24, 2.45) is 0 Å². The molecular formula is C21H20O3. The zero-order chi connectivity index (χ0) is 16.9. The van der Waals surface area contributed by atoms with E-state index in [1.165, 1.54) is 0 Å². The van der Waals surface area contributed by atoms with Gasteiger partial charge in [0, 0.05) is 12.0 Å². The Balaban J connectivity index is 1.97. The molecule has 0 saturated heterocycles. The van der Waals surface area contributed by atoms with Gasteiger partial charge in [0.2, 0.25) is 0 Å². The first-order chi connectivity index (χ1) is 11.7. The second-order valence-corrected chi connectivity index (χ2v) is 5.82. The smallest absolute Gasteiger partial charge is 0.119 e. The molecule has 0 atom stereocenters. The quantitative estimate of drug-likeness (QED) is 0.670. The Morgan fingerprint density at radius 2 is 1.12 bits per heavy atom. The molecule has 0 aromatic heterocycles. The molecule has 3 aromatic carbocycles. The summed E-state index contributed by atoms with van der Waals surface area (Å²) in [7, 11) is 0. The Morgan fingerprint density at radius 3 is 1.83 bits per heavy atom. The number of aromatic hydroxyl groups is 2. The molecule has 0 saturated carbocycles. The van der Waals surface area contributed by atoms with Gasteiger partial charge in [0.05, 0.1) is 6.61 Å². The van der Waals surface area contributed by atoms with E-state index in [4.69, 9.17) is 0 Å². The first-order valence-electron chi connectivity index (χ1n) is 7.93. The van der Waals surface area contributed by atoms with Gasteiger partial charge >= 0.3 is 0 Å². The maximum Gasteiger partial charge on any atom is 0.119 e. The molecule has 24 heavy (non-hydrogen) atoms. The van der Waals surface area contributed by atoms with Crippen molar-refractivity contribution in [1.29, 1.82) is 0 Å². The van der Waals surface area contributed by atoms with E-state index in [1.54, 1.807) is 18.2 Å². The van der Waals surface area contributed by atoms with Crippen molar-refractivity contribution < 1.29 is 15.3 Å². The van der Waals surface area contributed by atoms with E-state index in [9.17, 15) is 15.3 Å². The number of aliphatic hydroxyl groups is 1. The van der Waals surface area contributed by atoms with E-state index < -0.39 is 0 Å². The van der Waals surface area contributed by atoms with E-state index in [0.717, 1.165) is 27.8 Å². The van der Waals surface area contributed by atoms with E-state index in [-0.39, 0.29) is 18.1 Å². The van der Waals surface area contributed by atoms with Gasteiger partial charge in [-0.2, -0.15) is 0 Å². The molecule has 0 unspecified atom stereocenters. The maximum absolute atomic E-state index is 10.3. The standard InChI is InChI=1S/C21H20O3/c22-14-18-8-2-1-6-15(18)12-16-9-5-11-21(24)19(16)13-17-7-3-4-10-20(17)23/h1-11,22-24H,12-14H2. The summed E-state index contributed by atoms with van der Waals surface area (Å²) in [6.45, 7) is -0.0101. The number of para-hydroxylation sites is 1. The minimum Gasteiger partial charge on any atom is -0.508 e. The Kier molecular flexibility index (Phi) is 4.82. The van der Waals surface area contributed by atoms with Crippen LogP contribution in [0.3, 0.4) is 0 Å². The number of aliphatic hydroxyl groups excluding tert-OH is 1. The minimum atomic E-state index is -0.0101. The van der Waals surface area contributed by atoms with Gasteiger partial charge in [0.25, 0.3) is 0 Å². The van der Waals surface area contributed by atoms with Crippen LogP contribution in [0, 0.1) is 0 Å². The van der Waals surface area contributed by atoms with Crippen LogP contribution in [0.25, 0.3) is 0 Å². The number of hydrogen-bond donors (Lipinski definition) is 3. The third kappa shape index (κ3) is 3.42. The molecule has 3 rings (SSSR count). The summed E-state index contributed by atoms with van der Waals surface area (Å²) in [5.74, 6) is 0.444. The van der Waals surface area contributed by atoms with Gasteiger partial charge in [-0.1, -0.05) is 54.6 Å². The van der Waals surface area contributed by atoms with Crippen LogP contribution in [0.1, 0.15) is 27.8 Å². The Labute approximate surface area is 141 Å². The molecule has 3 nitrogen and oxygen atoms in total. The number of phenolic OH excluding ortho intramolecular Hbond substituents is 2. The van der Waals surface area contributed by atoms with Gasteiger partial charge < -0.3 is 15.3 Å². The van der Waals surface area contributed by atoms with Crippen LogP contribution in [-0.4, -0.2) is 15.3 Å². The highest BCUT2D eigenvalue weighted by Gasteiger charge is 2.12. The predicted molar refractivity (Wildman–Crippen MR) is 94.2 cm³/mol. The van der Waals surface area contributed by atoms with E-state index in [2.05, 4.69) is 0 Å². The molecule has 0 aliphatic heterocycles. The van der Waals surface area contributed by atoms with Crippen LogP contribution in [0.4, 0.5) is 0 Å². The Bertz CT molecular complexity index is 840. The molecule has 3 heteroatoms. The summed E-state index contributed by atoms with van der Waals surface area (Å²) >= 11 is 0. The number of benzene rings is 3. The van der Waals surface area contributed by atoms with Gasteiger partial charge in [-0.15, -0.1) is 0 Å². The lowest BCUT2D eigenvalue weighted by molar-refractivity contribution is 0.281. The average molecular weight is 320 g/mol. The lowest BCUT2D eigenvalue weighted by atomic mass is 9.92. The topological polar surface area (TPSA) is 60.7 Å². The Hall–Kier alpha value is -2.78. The largest absolute Gasteiger partial charge is 0.508 e. The van der Waals surface area contributed by atoms with Crippen LogP contribution in [0.5, 0.6) is 11.5 Å². The van der Waals surface area contributed by atoms with Gasteiger partial charge in [-0.3, -0.25) is 0 Å². The summed E-state index contributed by atoms with van der Waals surface area (Å²) in [5.41, 5.74) is 4.47. The molecule has 0 aliphatic carbocycles. The predicted octanol–water partition coefficient (Wildman–Crippen LogP) is 3.77. The van der Waals surface area contributed by atoms with Gasteiger partial charge in [0.15, 0.2) is 0 Å². The average Bonchev–Trinajstić information content (AvgIpc) is 2.60. The normalized spacial score (nSPS) is 10.7. The number of hydrogen-bond acceptors (Lipinski definition) is 3. The zero-order valence-corrected chi connectivity index (χ0v) is 13.3. The minimum absolute atomic E-state index is 0.0101. The molecule has 0 heterocycles. The van der Waals surface area contributed by atoms with Crippen LogP contribution in [-0.2, 0) is 19.4 Å². The molecule has 0 bridgehead atoms. The van der Waals surface area contributed by atoms with Gasteiger partial charge in [-0.05, 0) is 40.8 Å². The lowest BCUT2D eigenvalue weighted by Gasteiger charge is -2.14. The van der Waals surface area contributed by atoms with Crippen LogP contribution >= 0.6 is 0 Å². The number of rotatable bonds is 5. The zero-order valence-electron chi connectivity index (χ0n) is 13.3. The van der Waals surface area contributed by atoms with Crippen LogP contribution in [0.15, 0.2) is 66.7 Å². The first kappa shape index (κ1) is 16.1. The molecule has 3 N–H and O–H groups in total. The highest BCUT2D eigenvalue weighted by atomic mass is 16.3. The van der Waals surface area contributed by atoms with Crippen molar-refractivity contribution in [1.82, 2.24) is 0 Å².